The molecule has 1 unspecified atom stereocenters. The molecule has 1 atom stereocenters. The Labute approximate surface area is 143 Å². The standard InChI is InChI=1S/C12H14I3NO/c1-3-7(6(2)17)4-8-9(13)5-10(14)12(16)11(8)15/h5,7H,3-4,16H2,1-2H3. The van der Waals surface area contributed by atoms with E-state index in [2.05, 4.69) is 80.8 Å². The zero-order valence-electron chi connectivity index (χ0n) is 9.69. The summed E-state index contributed by atoms with van der Waals surface area (Å²) in [5, 5.41) is 0. The predicted octanol–water partition coefficient (Wildman–Crippen LogP) is 4.24. The molecule has 0 spiro atoms. The fourth-order valence-electron chi connectivity index (χ4n) is 1.66. The number of hydrogen-bond acceptors (Lipinski definition) is 2. The van der Waals surface area contributed by atoms with Crippen LogP contribution in [-0.4, -0.2) is 5.78 Å². The van der Waals surface area contributed by atoms with Crippen LogP contribution in [-0.2, 0) is 11.2 Å². The van der Waals surface area contributed by atoms with E-state index in [0.717, 1.165) is 25.7 Å². The average Bonchev–Trinajstić information content (AvgIpc) is 2.26. The topological polar surface area (TPSA) is 43.1 Å². The summed E-state index contributed by atoms with van der Waals surface area (Å²) in [5.41, 5.74) is 8.09. The normalized spacial score (nSPS) is 12.5. The summed E-state index contributed by atoms with van der Waals surface area (Å²) >= 11 is 6.86. The number of ketones is 1. The predicted molar refractivity (Wildman–Crippen MR) is 97.2 cm³/mol. The third-order valence-electron chi connectivity index (χ3n) is 2.82. The first-order chi connectivity index (χ1) is 7.88. The van der Waals surface area contributed by atoms with Crippen LogP contribution in [0.2, 0.25) is 0 Å². The van der Waals surface area contributed by atoms with E-state index in [9.17, 15) is 4.79 Å². The Morgan fingerprint density at radius 2 is 1.94 bits per heavy atom. The molecule has 0 fully saturated rings. The molecule has 17 heavy (non-hydrogen) atoms. The lowest BCUT2D eigenvalue weighted by atomic mass is 9.93. The Morgan fingerprint density at radius 3 is 2.41 bits per heavy atom. The average molecular weight is 569 g/mol. The molecule has 0 aliphatic rings. The second-order valence-corrected chi connectivity index (χ2v) is 7.37. The second-order valence-electron chi connectivity index (χ2n) is 3.97. The van der Waals surface area contributed by atoms with Crippen LogP contribution in [0.3, 0.4) is 0 Å². The molecular weight excluding hydrogens is 555 g/mol. The number of carbonyl (C=O) groups excluding carboxylic acids is 1. The quantitative estimate of drug-likeness (QED) is 0.436. The zero-order chi connectivity index (χ0) is 13.2. The fraction of sp³-hybridized carbons (Fsp3) is 0.417. The van der Waals surface area contributed by atoms with E-state index in [1.807, 2.05) is 0 Å². The van der Waals surface area contributed by atoms with Crippen LogP contribution in [0, 0.1) is 16.6 Å². The molecule has 0 radical (unpaired) electrons. The zero-order valence-corrected chi connectivity index (χ0v) is 16.2. The highest BCUT2D eigenvalue weighted by Crippen LogP contribution is 2.31. The Balaban J connectivity index is 3.14. The lowest BCUT2D eigenvalue weighted by molar-refractivity contribution is -0.120. The van der Waals surface area contributed by atoms with Gasteiger partial charge in [0.05, 0.1) is 5.69 Å². The van der Waals surface area contributed by atoms with Crippen LogP contribution in [0.4, 0.5) is 5.69 Å². The summed E-state index contributed by atoms with van der Waals surface area (Å²) in [4.78, 5) is 11.5. The summed E-state index contributed by atoms with van der Waals surface area (Å²) in [6, 6.07) is 2.08. The summed E-state index contributed by atoms with van der Waals surface area (Å²) in [5.74, 6) is 0.368. The highest BCUT2D eigenvalue weighted by molar-refractivity contribution is 14.1. The van der Waals surface area contributed by atoms with Crippen LogP contribution in [0.25, 0.3) is 0 Å². The number of carbonyl (C=O) groups is 1. The van der Waals surface area contributed by atoms with Gasteiger partial charge in [0.2, 0.25) is 0 Å². The molecule has 1 aromatic carbocycles. The van der Waals surface area contributed by atoms with Gasteiger partial charge in [-0.2, -0.15) is 0 Å². The van der Waals surface area contributed by atoms with Crippen LogP contribution < -0.4 is 5.73 Å². The lowest BCUT2D eigenvalue weighted by Gasteiger charge is -2.16. The summed E-state index contributed by atoms with van der Waals surface area (Å²) in [6.45, 7) is 3.73. The Bertz CT molecular complexity index is 446. The molecule has 0 heterocycles. The number of anilines is 1. The lowest BCUT2D eigenvalue weighted by Crippen LogP contribution is -2.15. The van der Waals surface area contributed by atoms with E-state index in [-0.39, 0.29) is 11.7 Å². The molecule has 2 nitrogen and oxygen atoms in total. The number of nitrogens with two attached hydrogens (primary N) is 1. The highest BCUT2D eigenvalue weighted by atomic mass is 127. The summed E-state index contributed by atoms with van der Waals surface area (Å²) in [7, 11) is 0. The third kappa shape index (κ3) is 3.92. The maximum Gasteiger partial charge on any atom is 0.133 e. The maximum absolute atomic E-state index is 11.5. The minimum atomic E-state index is 0.108. The van der Waals surface area contributed by atoms with Gasteiger partial charge in [-0.15, -0.1) is 0 Å². The van der Waals surface area contributed by atoms with E-state index in [1.54, 1.807) is 6.92 Å². The monoisotopic (exact) mass is 569 g/mol. The van der Waals surface area contributed by atoms with Gasteiger partial charge >= 0.3 is 0 Å². The minimum Gasteiger partial charge on any atom is -0.397 e. The van der Waals surface area contributed by atoms with Gasteiger partial charge in [0.25, 0.3) is 0 Å². The van der Waals surface area contributed by atoms with Gasteiger partial charge in [0.1, 0.15) is 5.78 Å². The number of rotatable bonds is 4. The van der Waals surface area contributed by atoms with Gasteiger partial charge in [-0.3, -0.25) is 4.79 Å². The molecule has 0 aliphatic heterocycles. The number of hydrogen-bond donors (Lipinski definition) is 1. The molecule has 0 aromatic heterocycles. The molecule has 0 aliphatic carbocycles. The first-order valence-electron chi connectivity index (χ1n) is 5.30. The van der Waals surface area contributed by atoms with Gasteiger partial charge in [-0.1, -0.05) is 6.92 Å². The molecular formula is C12H14I3NO. The van der Waals surface area contributed by atoms with E-state index in [0.29, 0.717) is 0 Å². The minimum absolute atomic E-state index is 0.108. The smallest absolute Gasteiger partial charge is 0.133 e. The van der Waals surface area contributed by atoms with Gasteiger partial charge in [0.15, 0.2) is 0 Å². The third-order valence-corrected chi connectivity index (χ3v) is 5.91. The Kier molecular flexibility index (Phi) is 6.45. The molecule has 0 saturated carbocycles. The van der Waals surface area contributed by atoms with E-state index in [4.69, 9.17) is 5.73 Å². The van der Waals surface area contributed by atoms with Crippen molar-refractivity contribution in [2.45, 2.75) is 26.7 Å². The summed E-state index contributed by atoms with van der Waals surface area (Å²) < 4.78 is 3.37. The Morgan fingerprint density at radius 1 is 1.35 bits per heavy atom. The van der Waals surface area contributed by atoms with Gasteiger partial charge < -0.3 is 5.73 Å². The molecule has 94 valence electrons. The molecule has 1 aromatic rings. The first-order valence-corrected chi connectivity index (χ1v) is 8.54. The SMILES string of the molecule is CCC(Cc1c(I)cc(I)c(N)c1I)C(C)=O. The molecule has 1 rings (SSSR count). The van der Waals surface area contributed by atoms with Gasteiger partial charge in [-0.25, -0.2) is 0 Å². The van der Waals surface area contributed by atoms with E-state index in [1.165, 1.54) is 9.13 Å². The molecule has 0 bridgehead atoms. The molecule has 2 N–H and O–H groups in total. The van der Waals surface area contributed by atoms with Crippen molar-refractivity contribution in [1.82, 2.24) is 0 Å². The first kappa shape index (κ1) is 15.9. The Hall–Kier alpha value is 0.880. The van der Waals surface area contributed by atoms with Gasteiger partial charge in [-0.05, 0) is 99.2 Å². The maximum atomic E-state index is 11.5. The molecule has 0 amide bonds. The van der Waals surface area contributed by atoms with Crippen molar-refractivity contribution in [3.05, 3.63) is 22.3 Å². The van der Waals surface area contributed by atoms with Crippen molar-refractivity contribution in [3.63, 3.8) is 0 Å². The van der Waals surface area contributed by atoms with Crippen molar-refractivity contribution in [3.8, 4) is 0 Å². The van der Waals surface area contributed by atoms with Crippen molar-refractivity contribution in [1.29, 1.82) is 0 Å². The van der Waals surface area contributed by atoms with Crippen LogP contribution in [0.15, 0.2) is 6.07 Å². The highest BCUT2D eigenvalue weighted by Gasteiger charge is 2.18. The van der Waals surface area contributed by atoms with E-state index < -0.39 is 0 Å². The molecule has 5 heteroatoms. The van der Waals surface area contributed by atoms with Crippen LogP contribution in [0.1, 0.15) is 25.8 Å². The summed E-state index contributed by atoms with van der Waals surface area (Å²) in [6.07, 6.45) is 1.68. The van der Waals surface area contributed by atoms with Crippen molar-refractivity contribution in [2.75, 3.05) is 5.73 Å². The van der Waals surface area contributed by atoms with Crippen molar-refractivity contribution >= 4 is 79.2 Å². The number of benzene rings is 1. The van der Waals surface area contributed by atoms with Crippen molar-refractivity contribution in [2.24, 2.45) is 5.92 Å². The molecule has 0 saturated heterocycles. The van der Waals surface area contributed by atoms with Crippen LogP contribution in [0.5, 0.6) is 0 Å². The van der Waals surface area contributed by atoms with Crippen LogP contribution >= 0.6 is 67.8 Å². The second kappa shape index (κ2) is 6.88. The van der Waals surface area contributed by atoms with Gasteiger partial charge in [0, 0.05) is 16.6 Å². The number of Topliss-reactive ketones (excluding diaryl/α,β-unsaturated/α-hetero) is 1. The number of halogens is 3. The largest absolute Gasteiger partial charge is 0.397 e. The van der Waals surface area contributed by atoms with E-state index >= 15 is 0 Å². The fourth-order valence-corrected chi connectivity index (χ4v) is 5.47. The number of nitrogen functional groups attached to an aromatic ring is 1. The van der Waals surface area contributed by atoms with Crippen molar-refractivity contribution < 1.29 is 4.79 Å².